The summed E-state index contributed by atoms with van der Waals surface area (Å²) < 4.78 is 10.2. The number of ether oxygens (including phenoxy) is 2. The number of amides is 1. The van der Waals surface area contributed by atoms with Crippen LogP contribution in [0.1, 0.15) is 33.1 Å². The molecule has 0 aliphatic carbocycles. The third kappa shape index (κ3) is 8.44. The van der Waals surface area contributed by atoms with E-state index in [1.165, 1.54) is 0 Å². The average molecular weight is 260 g/mol. The third-order valence-corrected chi connectivity index (χ3v) is 3.06. The second-order valence-corrected chi connectivity index (χ2v) is 5.32. The molecule has 0 radical (unpaired) electrons. The molecule has 1 atom stereocenters. The van der Waals surface area contributed by atoms with Crippen LogP contribution in [0.3, 0.4) is 0 Å². The van der Waals surface area contributed by atoms with E-state index in [0.717, 1.165) is 12.8 Å². The zero-order valence-corrected chi connectivity index (χ0v) is 12.1. The fourth-order valence-electron chi connectivity index (χ4n) is 1.68. The van der Waals surface area contributed by atoms with Gasteiger partial charge < -0.3 is 20.5 Å². The van der Waals surface area contributed by atoms with Gasteiger partial charge in [-0.05, 0) is 24.8 Å². The standard InChI is InChI=1S/C13H28N2O3/c1-13(2,7-8-14)6-5-12(16)15-9-11(18-4)10-17-3/h11H,5-10,14H2,1-4H3,(H,15,16). The van der Waals surface area contributed by atoms with Gasteiger partial charge in [-0.3, -0.25) is 4.79 Å². The van der Waals surface area contributed by atoms with Gasteiger partial charge in [-0.1, -0.05) is 13.8 Å². The Morgan fingerprint density at radius 2 is 2.00 bits per heavy atom. The van der Waals surface area contributed by atoms with Gasteiger partial charge in [0.05, 0.1) is 12.7 Å². The highest BCUT2D eigenvalue weighted by atomic mass is 16.5. The molecule has 0 spiro atoms. The van der Waals surface area contributed by atoms with Crippen LogP contribution in [-0.4, -0.2) is 45.9 Å². The molecule has 0 aromatic carbocycles. The predicted molar refractivity (Wildman–Crippen MR) is 72.4 cm³/mol. The van der Waals surface area contributed by atoms with Gasteiger partial charge in [0.1, 0.15) is 0 Å². The van der Waals surface area contributed by atoms with E-state index in [-0.39, 0.29) is 17.4 Å². The van der Waals surface area contributed by atoms with Crippen LogP contribution >= 0.6 is 0 Å². The summed E-state index contributed by atoms with van der Waals surface area (Å²) in [7, 11) is 3.23. The fraction of sp³-hybridized carbons (Fsp3) is 0.923. The summed E-state index contributed by atoms with van der Waals surface area (Å²) in [5, 5.41) is 2.86. The summed E-state index contributed by atoms with van der Waals surface area (Å²) in [6.07, 6.45) is 2.22. The van der Waals surface area contributed by atoms with Crippen LogP contribution in [0.4, 0.5) is 0 Å². The van der Waals surface area contributed by atoms with Crippen LogP contribution in [0.5, 0.6) is 0 Å². The van der Waals surface area contributed by atoms with Crippen LogP contribution in [0.2, 0.25) is 0 Å². The second-order valence-electron chi connectivity index (χ2n) is 5.32. The maximum absolute atomic E-state index is 11.7. The highest BCUT2D eigenvalue weighted by molar-refractivity contribution is 5.75. The summed E-state index contributed by atoms with van der Waals surface area (Å²) in [4.78, 5) is 11.7. The molecule has 18 heavy (non-hydrogen) atoms. The Morgan fingerprint density at radius 3 is 2.50 bits per heavy atom. The molecule has 0 aliphatic heterocycles. The molecule has 0 fully saturated rings. The molecule has 1 unspecified atom stereocenters. The van der Waals surface area contributed by atoms with Gasteiger partial charge in [0, 0.05) is 27.2 Å². The maximum atomic E-state index is 11.7. The highest BCUT2D eigenvalue weighted by Crippen LogP contribution is 2.25. The molecule has 5 heteroatoms. The number of hydrogen-bond donors (Lipinski definition) is 2. The lowest BCUT2D eigenvalue weighted by Gasteiger charge is -2.23. The number of methoxy groups -OCH3 is 2. The van der Waals surface area contributed by atoms with Crippen molar-refractivity contribution in [1.29, 1.82) is 0 Å². The van der Waals surface area contributed by atoms with E-state index in [9.17, 15) is 4.79 Å². The van der Waals surface area contributed by atoms with Crippen molar-refractivity contribution in [2.75, 3.05) is 33.9 Å². The number of nitrogens with two attached hydrogens (primary N) is 1. The van der Waals surface area contributed by atoms with Gasteiger partial charge in [0.25, 0.3) is 0 Å². The van der Waals surface area contributed by atoms with Crippen LogP contribution < -0.4 is 11.1 Å². The molecule has 0 saturated carbocycles. The first kappa shape index (κ1) is 17.4. The van der Waals surface area contributed by atoms with Crippen molar-refractivity contribution in [3.05, 3.63) is 0 Å². The molecule has 5 nitrogen and oxygen atoms in total. The Hall–Kier alpha value is -0.650. The zero-order chi connectivity index (χ0) is 14.0. The summed E-state index contributed by atoms with van der Waals surface area (Å²) in [6, 6.07) is 0. The molecular weight excluding hydrogens is 232 g/mol. The fourth-order valence-corrected chi connectivity index (χ4v) is 1.68. The lowest BCUT2D eigenvalue weighted by atomic mass is 9.84. The van der Waals surface area contributed by atoms with Gasteiger partial charge in [-0.25, -0.2) is 0 Å². The number of hydrogen-bond acceptors (Lipinski definition) is 4. The van der Waals surface area contributed by atoms with E-state index in [2.05, 4.69) is 19.2 Å². The minimum absolute atomic E-state index is 0.0539. The van der Waals surface area contributed by atoms with Crippen LogP contribution in [0.25, 0.3) is 0 Å². The Morgan fingerprint density at radius 1 is 1.33 bits per heavy atom. The van der Waals surface area contributed by atoms with E-state index < -0.39 is 0 Å². The molecule has 108 valence electrons. The molecule has 0 aromatic rings. The summed E-state index contributed by atoms with van der Waals surface area (Å²) in [5.74, 6) is 0.0539. The molecule has 0 saturated heterocycles. The van der Waals surface area contributed by atoms with Crippen LogP contribution in [0, 0.1) is 5.41 Å². The first-order chi connectivity index (χ1) is 8.45. The highest BCUT2D eigenvalue weighted by Gasteiger charge is 2.18. The first-order valence-electron chi connectivity index (χ1n) is 6.43. The van der Waals surface area contributed by atoms with E-state index in [4.69, 9.17) is 15.2 Å². The Labute approximate surface area is 110 Å². The van der Waals surface area contributed by atoms with Crippen molar-refractivity contribution >= 4 is 5.91 Å². The lowest BCUT2D eigenvalue weighted by molar-refractivity contribution is -0.122. The molecule has 3 N–H and O–H groups in total. The predicted octanol–water partition coefficient (Wildman–Crippen LogP) is 0.919. The van der Waals surface area contributed by atoms with Crippen molar-refractivity contribution in [3.8, 4) is 0 Å². The smallest absolute Gasteiger partial charge is 0.220 e. The topological polar surface area (TPSA) is 73.6 Å². The first-order valence-corrected chi connectivity index (χ1v) is 6.43. The SMILES string of the molecule is COCC(CNC(=O)CCC(C)(C)CCN)OC. The van der Waals surface area contributed by atoms with E-state index in [1.54, 1.807) is 14.2 Å². The Kier molecular flexibility index (Phi) is 8.97. The summed E-state index contributed by atoms with van der Waals surface area (Å²) in [5.41, 5.74) is 5.66. The largest absolute Gasteiger partial charge is 0.382 e. The lowest BCUT2D eigenvalue weighted by Crippen LogP contribution is -2.36. The molecule has 1 amide bonds. The van der Waals surface area contributed by atoms with Crippen molar-refractivity contribution in [2.24, 2.45) is 11.1 Å². The Bertz CT molecular complexity index is 232. The number of nitrogens with one attached hydrogen (secondary N) is 1. The molecule has 0 bridgehead atoms. The van der Waals surface area contributed by atoms with Gasteiger partial charge in [0.15, 0.2) is 0 Å². The summed E-state index contributed by atoms with van der Waals surface area (Å²) >= 11 is 0. The number of rotatable bonds is 10. The molecule has 0 heterocycles. The van der Waals surface area contributed by atoms with Crippen LogP contribution in [-0.2, 0) is 14.3 Å². The Balaban J connectivity index is 3.83. The number of carbonyl (C=O) groups is 1. The molecule has 0 aromatic heterocycles. The minimum atomic E-state index is -0.0870. The molecule has 0 aliphatic rings. The van der Waals surface area contributed by atoms with E-state index in [0.29, 0.717) is 26.1 Å². The van der Waals surface area contributed by atoms with Crippen LogP contribution in [0.15, 0.2) is 0 Å². The van der Waals surface area contributed by atoms with Crippen molar-refractivity contribution in [2.45, 2.75) is 39.2 Å². The van der Waals surface area contributed by atoms with Crippen molar-refractivity contribution in [1.82, 2.24) is 5.32 Å². The van der Waals surface area contributed by atoms with E-state index in [1.807, 2.05) is 0 Å². The minimum Gasteiger partial charge on any atom is -0.382 e. The molecular formula is C13H28N2O3. The van der Waals surface area contributed by atoms with Gasteiger partial charge in [-0.2, -0.15) is 0 Å². The molecule has 0 rings (SSSR count). The third-order valence-electron chi connectivity index (χ3n) is 3.06. The second kappa shape index (κ2) is 9.30. The van der Waals surface area contributed by atoms with Crippen molar-refractivity contribution < 1.29 is 14.3 Å². The maximum Gasteiger partial charge on any atom is 0.220 e. The van der Waals surface area contributed by atoms with Gasteiger partial charge >= 0.3 is 0 Å². The van der Waals surface area contributed by atoms with Crippen molar-refractivity contribution in [3.63, 3.8) is 0 Å². The quantitative estimate of drug-likeness (QED) is 0.612. The van der Waals surface area contributed by atoms with Gasteiger partial charge in [-0.15, -0.1) is 0 Å². The van der Waals surface area contributed by atoms with E-state index >= 15 is 0 Å². The monoisotopic (exact) mass is 260 g/mol. The zero-order valence-electron chi connectivity index (χ0n) is 12.1. The average Bonchev–Trinajstić information content (AvgIpc) is 2.32. The van der Waals surface area contributed by atoms with Gasteiger partial charge in [0.2, 0.25) is 5.91 Å². The summed E-state index contributed by atoms with van der Waals surface area (Å²) in [6.45, 7) is 5.90. The number of carbonyl (C=O) groups excluding carboxylic acids is 1. The normalized spacial score (nSPS) is 13.4.